The number of hydrogen-bond acceptors (Lipinski definition) is 3. The highest BCUT2D eigenvalue weighted by molar-refractivity contribution is 6.30. The van der Waals surface area contributed by atoms with Crippen molar-refractivity contribution in [2.45, 2.75) is 6.04 Å². The number of hydrogen-bond donors (Lipinski definition) is 1. The van der Waals surface area contributed by atoms with E-state index in [9.17, 15) is 9.59 Å². The lowest BCUT2D eigenvalue weighted by Crippen LogP contribution is -2.50. The van der Waals surface area contributed by atoms with Crippen molar-refractivity contribution in [3.05, 3.63) is 136 Å². The summed E-state index contributed by atoms with van der Waals surface area (Å²) in [4.78, 5) is 30.6. The molecule has 0 radical (unpaired) electrons. The first-order valence-electron chi connectivity index (χ1n) is 12.4. The van der Waals surface area contributed by atoms with Gasteiger partial charge in [0.1, 0.15) is 0 Å². The third-order valence-corrected chi connectivity index (χ3v) is 6.96. The second-order valence-corrected chi connectivity index (χ2v) is 9.50. The molecular formula is C31H28ClN3O2. The van der Waals surface area contributed by atoms with Crippen LogP contribution in [0.1, 0.15) is 37.9 Å². The summed E-state index contributed by atoms with van der Waals surface area (Å²) >= 11 is 5.94. The van der Waals surface area contributed by atoms with Crippen molar-refractivity contribution in [1.82, 2.24) is 9.80 Å². The Balaban J connectivity index is 1.30. The fraction of sp³-hybridized carbons (Fsp3) is 0.161. The highest BCUT2D eigenvalue weighted by Gasteiger charge is 2.29. The van der Waals surface area contributed by atoms with Crippen LogP contribution >= 0.6 is 11.6 Å². The quantitative estimate of drug-likeness (QED) is 0.339. The van der Waals surface area contributed by atoms with Gasteiger partial charge in [-0.3, -0.25) is 14.5 Å². The first-order chi connectivity index (χ1) is 18.1. The number of rotatable bonds is 6. The number of para-hydroxylation sites is 1. The number of amides is 2. The summed E-state index contributed by atoms with van der Waals surface area (Å²) in [6.07, 6.45) is 0. The number of halogens is 1. The number of piperazine rings is 1. The maximum absolute atomic E-state index is 13.5. The van der Waals surface area contributed by atoms with Crippen molar-refractivity contribution in [1.29, 1.82) is 0 Å². The van der Waals surface area contributed by atoms with Gasteiger partial charge in [-0.15, -0.1) is 0 Å². The van der Waals surface area contributed by atoms with E-state index in [1.807, 2.05) is 29.2 Å². The first-order valence-corrected chi connectivity index (χ1v) is 12.8. The molecule has 186 valence electrons. The summed E-state index contributed by atoms with van der Waals surface area (Å²) in [7, 11) is 0. The minimum atomic E-state index is -0.282. The Kier molecular flexibility index (Phi) is 7.64. The van der Waals surface area contributed by atoms with Crippen LogP contribution in [0.4, 0.5) is 5.69 Å². The van der Waals surface area contributed by atoms with Crippen LogP contribution < -0.4 is 5.32 Å². The van der Waals surface area contributed by atoms with Crippen LogP contribution in [-0.4, -0.2) is 47.8 Å². The van der Waals surface area contributed by atoms with Gasteiger partial charge >= 0.3 is 0 Å². The van der Waals surface area contributed by atoms with Crippen molar-refractivity contribution in [3.63, 3.8) is 0 Å². The second-order valence-electron chi connectivity index (χ2n) is 9.06. The minimum absolute atomic E-state index is 0.0809. The topological polar surface area (TPSA) is 52.7 Å². The van der Waals surface area contributed by atoms with Gasteiger partial charge in [-0.2, -0.15) is 0 Å². The molecule has 0 spiro atoms. The Bertz CT molecular complexity index is 1310. The van der Waals surface area contributed by atoms with Gasteiger partial charge < -0.3 is 10.2 Å². The van der Waals surface area contributed by atoms with Crippen LogP contribution in [0.3, 0.4) is 0 Å². The van der Waals surface area contributed by atoms with Gasteiger partial charge in [0.15, 0.2) is 0 Å². The lowest BCUT2D eigenvalue weighted by molar-refractivity contribution is 0.0598. The van der Waals surface area contributed by atoms with Gasteiger partial charge in [-0.05, 0) is 47.5 Å². The van der Waals surface area contributed by atoms with Crippen molar-refractivity contribution in [3.8, 4) is 0 Å². The zero-order chi connectivity index (χ0) is 25.6. The Morgan fingerprint density at radius 3 is 1.81 bits per heavy atom. The van der Waals surface area contributed by atoms with Crippen LogP contribution in [0.2, 0.25) is 5.02 Å². The molecule has 0 saturated carbocycles. The lowest BCUT2D eigenvalue weighted by Gasteiger charge is -2.40. The van der Waals surface area contributed by atoms with E-state index in [0.717, 1.165) is 13.1 Å². The summed E-state index contributed by atoms with van der Waals surface area (Å²) in [5.41, 5.74) is 3.95. The molecule has 1 aliphatic heterocycles. The Hall–Kier alpha value is -3.93. The molecule has 2 amide bonds. The summed E-state index contributed by atoms with van der Waals surface area (Å²) in [6.45, 7) is 2.71. The molecule has 37 heavy (non-hydrogen) atoms. The van der Waals surface area contributed by atoms with E-state index in [2.05, 4.69) is 58.7 Å². The van der Waals surface area contributed by atoms with E-state index < -0.39 is 0 Å². The predicted molar refractivity (Wildman–Crippen MR) is 148 cm³/mol. The molecule has 0 atom stereocenters. The van der Waals surface area contributed by atoms with Crippen molar-refractivity contribution in [2.24, 2.45) is 0 Å². The summed E-state index contributed by atoms with van der Waals surface area (Å²) in [5, 5.41) is 3.46. The van der Waals surface area contributed by atoms with Crippen LogP contribution in [0.15, 0.2) is 109 Å². The monoisotopic (exact) mass is 509 g/mol. The number of nitrogens with one attached hydrogen (secondary N) is 1. The van der Waals surface area contributed by atoms with Crippen LogP contribution in [0.25, 0.3) is 0 Å². The molecule has 1 saturated heterocycles. The van der Waals surface area contributed by atoms with Crippen LogP contribution in [0, 0.1) is 0 Å². The molecule has 4 aromatic rings. The summed E-state index contributed by atoms with van der Waals surface area (Å²) < 4.78 is 0. The molecule has 1 fully saturated rings. The summed E-state index contributed by atoms with van der Waals surface area (Å²) in [6, 6.07) is 35.0. The van der Waals surface area contributed by atoms with Gasteiger partial charge in [0, 0.05) is 36.8 Å². The minimum Gasteiger partial charge on any atom is -0.336 e. The highest BCUT2D eigenvalue weighted by Crippen LogP contribution is 2.30. The summed E-state index contributed by atoms with van der Waals surface area (Å²) in [5.74, 6) is -0.363. The van der Waals surface area contributed by atoms with Crippen molar-refractivity contribution in [2.75, 3.05) is 31.5 Å². The number of carbonyl (C=O) groups is 2. The standard InChI is InChI=1S/C31H28ClN3O2/c32-26-17-15-25(16-18-26)30(36)33-28-14-8-7-13-27(28)31(37)35-21-19-34(20-22-35)29(23-9-3-1-4-10-23)24-11-5-2-6-12-24/h1-18,29H,19-22H2,(H,33,36). The van der Waals surface area contributed by atoms with Crippen molar-refractivity contribution >= 4 is 29.1 Å². The van der Waals surface area contributed by atoms with Gasteiger partial charge in [0.2, 0.25) is 0 Å². The number of nitrogens with zero attached hydrogens (tertiary/aromatic N) is 2. The molecule has 1 N–H and O–H groups in total. The molecule has 0 bridgehead atoms. The molecule has 1 aliphatic rings. The van der Waals surface area contributed by atoms with Gasteiger partial charge in [-0.25, -0.2) is 0 Å². The maximum Gasteiger partial charge on any atom is 0.256 e. The molecule has 6 heteroatoms. The Morgan fingerprint density at radius 1 is 0.676 bits per heavy atom. The fourth-order valence-electron chi connectivity index (χ4n) is 4.81. The number of benzene rings is 4. The van der Waals surface area contributed by atoms with E-state index in [0.29, 0.717) is 34.9 Å². The number of anilines is 1. The predicted octanol–water partition coefficient (Wildman–Crippen LogP) is 6.14. The van der Waals surface area contributed by atoms with E-state index in [1.165, 1.54) is 11.1 Å². The fourth-order valence-corrected chi connectivity index (χ4v) is 4.94. The molecule has 1 heterocycles. The van der Waals surface area contributed by atoms with E-state index in [1.54, 1.807) is 36.4 Å². The Morgan fingerprint density at radius 2 is 1.22 bits per heavy atom. The third kappa shape index (κ3) is 5.74. The maximum atomic E-state index is 13.5. The van der Waals surface area contributed by atoms with E-state index in [4.69, 9.17) is 11.6 Å². The van der Waals surface area contributed by atoms with Crippen LogP contribution in [0.5, 0.6) is 0 Å². The van der Waals surface area contributed by atoms with E-state index in [-0.39, 0.29) is 17.9 Å². The molecule has 0 aliphatic carbocycles. The van der Waals surface area contributed by atoms with Crippen molar-refractivity contribution < 1.29 is 9.59 Å². The average Bonchev–Trinajstić information content (AvgIpc) is 2.95. The second kappa shape index (κ2) is 11.4. The third-order valence-electron chi connectivity index (χ3n) is 6.71. The molecule has 0 aromatic heterocycles. The molecule has 4 aromatic carbocycles. The molecular weight excluding hydrogens is 482 g/mol. The van der Waals surface area contributed by atoms with Gasteiger partial charge in [-0.1, -0.05) is 84.4 Å². The zero-order valence-electron chi connectivity index (χ0n) is 20.4. The first kappa shape index (κ1) is 24.8. The Labute approximate surface area is 222 Å². The molecule has 5 rings (SSSR count). The van der Waals surface area contributed by atoms with Crippen LogP contribution in [-0.2, 0) is 0 Å². The highest BCUT2D eigenvalue weighted by atomic mass is 35.5. The largest absolute Gasteiger partial charge is 0.336 e. The average molecular weight is 510 g/mol. The van der Waals surface area contributed by atoms with E-state index >= 15 is 0 Å². The SMILES string of the molecule is O=C(Nc1ccccc1C(=O)N1CCN(C(c2ccccc2)c2ccccc2)CC1)c1ccc(Cl)cc1. The molecule has 0 unspecified atom stereocenters. The normalized spacial score (nSPS) is 13.9. The number of carbonyl (C=O) groups excluding carboxylic acids is 2. The smallest absolute Gasteiger partial charge is 0.256 e. The zero-order valence-corrected chi connectivity index (χ0v) is 21.1. The van der Waals surface area contributed by atoms with Gasteiger partial charge in [0.05, 0.1) is 17.3 Å². The molecule has 5 nitrogen and oxygen atoms in total. The lowest BCUT2D eigenvalue weighted by atomic mass is 9.96. The van der Waals surface area contributed by atoms with Gasteiger partial charge in [0.25, 0.3) is 11.8 Å².